The molecule has 1 aromatic rings. The van der Waals surface area contributed by atoms with Gasteiger partial charge in [0.05, 0.1) is 16.9 Å². The zero-order valence-electron chi connectivity index (χ0n) is 11.6. The molecule has 3 N–H and O–H groups in total. The van der Waals surface area contributed by atoms with Crippen LogP contribution in [0.4, 0.5) is 0 Å². The Morgan fingerprint density at radius 2 is 2.30 bits per heavy atom. The maximum atomic E-state index is 12.3. The van der Waals surface area contributed by atoms with Gasteiger partial charge in [0.2, 0.25) is 5.91 Å². The van der Waals surface area contributed by atoms with Crippen molar-refractivity contribution in [3.63, 3.8) is 0 Å². The van der Waals surface area contributed by atoms with Crippen molar-refractivity contribution in [3.05, 3.63) is 29.8 Å². The lowest BCUT2D eigenvalue weighted by atomic mass is 9.95. The minimum Gasteiger partial charge on any atom is -0.492 e. The Balaban J connectivity index is 1.99. The van der Waals surface area contributed by atoms with E-state index in [4.69, 9.17) is 22.7 Å². The molecule has 108 valence electrons. The first kappa shape index (κ1) is 14.8. The molecular weight excluding hydrogens is 272 g/mol. The number of nitrogens with one attached hydrogen (secondary N) is 1. The molecule has 1 aliphatic heterocycles. The highest BCUT2D eigenvalue weighted by Crippen LogP contribution is 2.26. The summed E-state index contributed by atoms with van der Waals surface area (Å²) in [5, 5.41) is 2.93. The Morgan fingerprint density at radius 1 is 1.55 bits per heavy atom. The van der Waals surface area contributed by atoms with Gasteiger partial charge in [-0.25, -0.2) is 0 Å². The topological polar surface area (TPSA) is 64.3 Å². The summed E-state index contributed by atoms with van der Waals surface area (Å²) in [5.41, 5.74) is 6.73. The van der Waals surface area contributed by atoms with Crippen LogP contribution in [0.5, 0.6) is 5.75 Å². The van der Waals surface area contributed by atoms with Gasteiger partial charge in [-0.05, 0) is 24.5 Å². The van der Waals surface area contributed by atoms with Crippen molar-refractivity contribution in [2.45, 2.75) is 32.2 Å². The Hall–Kier alpha value is -1.62. The van der Waals surface area contributed by atoms with E-state index in [1.165, 1.54) is 0 Å². The highest BCUT2D eigenvalue weighted by molar-refractivity contribution is 7.80. The summed E-state index contributed by atoms with van der Waals surface area (Å²) >= 11 is 5.00. The lowest BCUT2D eigenvalue weighted by molar-refractivity contribution is -0.126. The van der Waals surface area contributed by atoms with Gasteiger partial charge in [0, 0.05) is 0 Å². The van der Waals surface area contributed by atoms with Crippen molar-refractivity contribution in [1.29, 1.82) is 0 Å². The van der Waals surface area contributed by atoms with E-state index in [2.05, 4.69) is 5.32 Å². The number of hydrogen-bond acceptors (Lipinski definition) is 3. The summed E-state index contributed by atoms with van der Waals surface area (Å²) in [6, 6.07) is 7.59. The molecule has 0 spiro atoms. The van der Waals surface area contributed by atoms with Crippen molar-refractivity contribution >= 4 is 23.1 Å². The van der Waals surface area contributed by atoms with Crippen LogP contribution >= 0.6 is 12.2 Å². The molecule has 0 aromatic heterocycles. The molecule has 1 amide bonds. The van der Waals surface area contributed by atoms with E-state index in [0.29, 0.717) is 18.0 Å². The molecule has 2 rings (SSSR count). The van der Waals surface area contributed by atoms with Crippen LogP contribution in [0.15, 0.2) is 24.3 Å². The monoisotopic (exact) mass is 292 g/mol. The molecule has 0 saturated heterocycles. The number of nitrogens with two attached hydrogens (primary N) is 1. The van der Waals surface area contributed by atoms with Gasteiger partial charge in [0.25, 0.3) is 0 Å². The predicted molar refractivity (Wildman–Crippen MR) is 82.8 cm³/mol. The summed E-state index contributed by atoms with van der Waals surface area (Å²) in [6.07, 6.45) is 2.38. The van der Waals surface area contributed by atoms with Gasteiger partial charge in [-0.2, -0.15) is 0 Å². The fourth-order valence-corrected chi connectivity index (χ4v) is 2.54. The first-order valence-corrected chi connectivity index (χ1v) is 7.33. The number of para-hydroxylation sites is 1. The van der Waals surface area contributed by atoms with E-state index in [1.807, 2.05) is 31.2 Å². The van der Waals surface area contributed by atoms with Gasteiger partial charge >= 0.3 is 0 Å². The van der Waals surface area contributed by atoms with Crippen LogP contribution in [-0.4, -0.2) is 23.5 Å². The summed E-state index contributed by atoms with van der Waals surface area (Å²) in [4.78, 5) is 12.6. The van der Waals surface area contributed by atoms with Gasteiger partial charge in [-0.15, -0.1) is 0 Å². The summed E-state index contributed by atoms with van der Waals surface area (Å²) in [6.45, 7) is 2.44. The normalized spacial score (nSPS) is 18.6. The smallest absolute Gasteiger partial charge is 0.227 e. The van der Waals surface area contributed by atoms with Gasteiger partial charge in [-0.3, -0.25) is 4.79 Å². The quantitative estimate of drug-likeness (QED) is 0.812. The Labute approximate surface area is 124 Å². The van der Waals surface area contributed by atoms with E-state index in [1.54, 1.807) is 0 Å². The standard InChI is InChI=1S/C15H20N2O2S/c1-2-5-12(14(16)20)17-15(18)11-8-10-6-3-4-7-13(10)19-9-11/h3-4,6-7,11-12H,2,5,8-9H2,1H3,(H2,16,20)(H,17,18). The SMILES string of the molecule is CCCC(NC(=O)C1COc2ccccc2C1)C(N)=S. The second kappa shape index (κ2) is 6.70. The average molecular weight is 292 g/mol. The van der Waals surface area contributed by atoms with Gasteiger partial charge in [0.1, 0.15) is 12.4 Å². The number of carbonyl (C=O) groups excluding carboxylic acids is 1. The number of ether oxygens (including phenoxy) is 1. The van der Waals surface area contributed by atoms with Gasteiger partial charge in [-0.1, -0.05) is 43.8 Å². The summed E-state index contributed by atoms with van der Waals surface area (Å²) < 4.78 is 5.63. The average Bonchev–Trinajstić information content (AvgIpc) is 2.46. The van der Waals surface area contributed by atoms with Crippen molar-refractivity contribution in [1.82, 2.24) is 5.32 Å². The largest absolute Gasteiger partial charge is 0.492 e. The molecule has 2 unspecified atom stereocenters. The molecule has 0 saturated carbocycles. The van der Waals surface area contributed by atoms with Crippen LogP contribution in [0, 0.1) is 5.92 Å². The minimum atomic E-state index is -0.223. The van der Waals surface area contributed by atoms with Crippen LogP contribution in [-0.2, 0) is 11.2 Å². The first-order valence-electron chi connectivity index (χ1n) is 6.92. The van der Waals surface area contributed by atoms with Crippen molar-refractivity contribution in [2.75, 3.05) is 6.61 Å². The minimum absolute atomic E-state index is 0.0363. The second-order valence-electron chi connectivity index (χ2n) is 5.07. The predicted octanol–water partition coefficient (Wildman–Crippen LogP) is 1.81. The molecule has 1 aromatic carbocycles. The van der Waals surface area contributed by atoms with E-state index < -0.39 is 0 Å². The zero-order valence-corrected chi connectivity index (χ0v) is 12.4. The third-order valence-corrected chi connectivity index (χ3v) is 3.77. The third kappa shape index (κ3) is 3.48. The molecule has 0 bridgehead atoms. The number of thiocarbonyl (C=S) groups is 1. The molecule has 20 heavy (non-hydrogen) atoms. The Kier molecular flexibility index (Phi) is 4.95. The number of hydrogen-bond donors (Lipinski definition) is 2. The molecule has 0 radical (unpaired) electrons. The van der Waals surface area contributed by atoms with Crippen molar-refractivity contribution in [3.8, 4) is 5.75 Å². The van der Waals surface area contributed by atoms with Gasteiger partial charge in [0.15, 0.2) is 0 Å². The van der Waals surface area contributed by atoms with Crippen LogP contribution in [0.2, 0.25) is 0 Å². The number of carbonyl (C=O) groups is 1. The lowest BCUT2D eigenvalue weighted by Crippen LogP contribution is -2.47. The molecule has 2 atom stereocenters. The molecule has 1 aliphatic rings. The fraction of sp³-hybridized carbons (Fsp3) is 0.467. The van der Waals surface area contributed by atoms with Crippen LogP contribution in [0.25, 0.3) is 0 Å². The molecular formula is C15H20N2O2S. The zero-order chi connectivity index (χ0) is 14.5. The highest BCUT2D eigenvalue weighted by atomic mass is 32.1. The molecule has 0 fully saturated rings. The summed E-state index contributed by atoms with van der Waals surface area (Å²) in [7, 11) is 0. The fourth-order valence-electron chi connectivity index (χ4n) is 2.36. The van der Waals surface area contributed by atoms with Crippen LogP contribution in [0.3, 0.4) is 0 Å². The van der Waals surface area contributed by atoms with Crippen LogP contribution in [0.1, 0.15) is 25.3 Å². The summed E-state index contributed by atoms with van der Waals surface area (Å²) in [5.74, 6) is 0.653. The van der Waals surface area contributed by atoms with Crippen molar-refractivity contribution in [2.24, 2.45) is 11.7 Å². The maximum Gasteiger partial charge on any atom is 0.227 e. The highest BCUT2D eigenvalue weighted by Gasteiger charge is 2.27. The maximum absolute atomic E-state index is 12.3. The molecule has 0 aliphatic carbocycles. The third-order valence-electron chi connectivity index (χ3n) is 3.49. The number of rotatable bonds is 5. The number of fused-ring (bicyclic) bond motifs is 1. The Bertz CT molecular complexity index is 504. The van der Waals surface area contributed by atoms with E-state index >= 15 is 0 Å². The lowest BCUT2D eigenvalue weighted by Gasteiger charge is -2.26. The molecule has 4 nitrogen and oxygen atoms in total. The molecule has 1 heterocycles. The molecule has 5 heteroatoms. The van der Waals surface area contributed by atoms with E-state index in [0.717, 1.165) is 24.2 Å². The van der Waals surface area contributed by atoms with E-state index in [-0.39, 0.29) is 17.9 Å². The van der Waals surface area contributed by atoms with Crippen molar-refractivity contribution < 1.29 is 9.53 Å². The number of amides is 1. The van der Waals surface area contributed by atoms with Gasteiger partial charge < -0.3 is 15.8 Å². The number of benzene rings is 1. The first-order chi connectivity index (χ1) is 9.61. The van der Waals surface area contributed by atoms with Crippen LogP contribution < -0.4 is 15.8 Å². The second-order valence-corrected chi connectivity index (χ2v) is 5.54. The van der Waals surface area contributed by atoms with E-state index in [9.17, 15) is 4.79 Å². The Morgan fingerprint density at radius 3 is 3.00 bits per heavy atom.